The first-order chi connectivity index (χ1) is 12.0. The first kappa shape index (κ1) is 19.8. The summed E-state index contributed by atoms with van der Waals surface area (Å²) in [7, 11) is -9.93. The van der Waals surface area contributed by atoms with Gasteiger partial charge in [0.25, 0.3) is 0 Å². The van der Waals surface area contributed by atoms with Gasteiger partial charge in [0.15, 0.2) is 5.50 Å². The number of nitrogens with zero attached hydrogens (tertiary/aromatic N) is 3. The molecule has 4 N–H and O–H groups in total. The van der Waals surface area contributed by atoms with Gasteiger partial charge in [-0.05, 0) is 13.8 Å². The first-order valence-corrected chi connectivity index (χ1v) is 11.4. The van der Waals surface area contributed by atoms with Gasteiger partial charge in [0.05, 0.1) is 13.2 Å². The molecule has 1 aromatic heterocycles. The molecule has 0 aromatic carbocycles. The van der Waals surface area contributed by atoms with E-state index >= 15 is 0 Å². The largest absolute Gasteiger partial charge is 0.481 e. The lowest BCUT2D eigenvalue weighted by Crippen LogP contribution is -2.38. The van der Waals surface area contributed by atoms with E-state index in [9.17, 15) is 14.0 Å². The summed E-state index contributed by atoms with van der Waals surface area (Å²) in [6, 6.07) is 0. The van der Waals surface area contributed by atoms with Crippen LogP contribution in [0.5, 0.6) is 0 Å². The van der Waals surface area contributed by atoms with Crippen LogP contribution < -0.4 is 5.32 Å². The fourth-order valence-electron chi connectivity index (χ4n) is 2.62. The second-order valence-electron chi connectivity index (χ2n) is 5.67. The predicted octanol–water partition coefficient (Wildman–Crippen LogP) is 1.89. The minimum atomic E-state index is -5.11. The number of hydrogen-bond donors (Lipinski definition) is 4. The smallest absolute Gasteiger partial charge is 0.341 e. The Morgan fingerprint density at radius 3 is 2.81 bits per heavy atom. The minimum Gasteiger partial charge on any atom is -0.341 e. The Kier molecular flexibility index (Phi) is 5.49. The van der Waals surface area contributed by atoms with Gasteiger partial charge < -0.3 is 24.9 Å². The highest BCUT2D eigenvalue weighted by molar-refractivity contribution is 8.03. The number of hydrogen-bond acceptors (Lipinski definition) is 9. The molecule has 11 nitrogen and oxygen atoms in total. The van der Waals surface area contributed by atoms with E-state index in [0.29, 0.717) is 18.8 Å². The van der Waals surface area contributed by atoms with Crippen LogP contribution in [-0.2, 0) is 24.5 Å². The first-order valence-electron chi connectivity index (χ1n) is 7.50. The van der Waals surface area contributed by atoms with E-state index in [2.05, 4.69) is 29.0 Å². The van der Waals surface area contributed by atoms with E-state index in [0.717, 1.165) is 22.0 Å². The maximum Gasteiger partial charge on any atom is 0.481 e. The van der Waals surface area contributed by atoms with E-state index in [1.54, 1.807) is 6.20 Å². The zero-order valence-corrected chi connectivity index (χ0v) is 16.5. The molecule has 1 unspecified atom stereocenters. The Balaban J connectivity index is 1.61. The highest BCUT2D eigenvalue weighted by Gasteiger charge is 2.36. The van der Waals surface area contributed by atoms with Crippen molar-refractivity contribution in [3.05, 3.63) is 28.2 Å². The van der Waals surface area contributed by atoms with Crippen LogP contribution in [0.25, 0.3) is 0 Å². The second-order valence-corrected chi connectivity index (χ2v) is 9.67. The number of anilines is 1. The summed E-state index contributed by atoms with van der Waals surface area (Å²) < 4.78 is 30.5. The zero-order valence-electron chi connectivity index (χ0n) is 13.9. The van der Waals surface area contributed by atoms with Gasteiger partial charge in [-0.2, -0.15) is 4.31 Å². The highest BCUT2D eigenvalue weighted by Crippen LogP contribution is 2.57. The summed E-state index contributed by atoms with van der Waals surface area (Å²) >= 11 is 1.52. The Bertz CT molecular complexity index is 845. The van der Waals surface area contributed by atoms with Crippen LogP contribution in [0.4, 0.5) is 5.82 Å². The third-order valence-corrected chi connectivity index (χ3v) is 7.32. The van der Waals surface area contributed by atoms with E-state index in [4.69, 9.17) is 9.79 Å². The second kappa shape index (κ2) is 7.21. The number of allylic oxidation sites excluding steroid dienone is 1. The molecule has 0 saturated heterocycles. The Morgan fingerprint density at radius 1 is 1.38 bits per heavy atom. The third-order valence-electron chi connectivity index (χ3n) is 3.75. The maximum absolute atomic E-state index is 11.5. The van der Waals surface area contributed by atoms with Crippen molar-refractivity contribution in [1.82, 2.24) is 14.9 Å². The van der Waals surface area contributed by atoms with Crippen molar-refractivity contribution in [1.29, 1.82) is 0 Å². The lowest BCUT2D eigenvalue weighted by Gasteiger charge is -2.34. The molecule has 2 aliphatic rings. The van der Waals surface area contributed by atoms with Gasteiger partial charge >= 0.3 is 15.6 Å². The molecule has 144 valence electrons. The summed E-state index contributed by atoms with van der Waals surface area (Å²) in [5.74, 6) is 1.46. The molecule has 0 saturated carbocycles. The monoisotopic (exact) mass is 424 g/mol. The van der Waals surface area contributed by atoms with Gasteiger partial charge in [-0.3, -0.25) is 4.52 Å². The SMILES string of the molecule is CC1=C(CCOP(=O)(O)OP(=O)(O)O)S[C@@H]2Nc3nc(C)ncc3CN12. The summed E-state index contributed by atoms with van der Waals surface area (Å²) in [6.45, 7) is 4.15. The van der Waals surface area contributed by atoms with E-state index in [-0.39, 0.29) is 12.1 Å². The van der Waals surface area contributed by atoms with E-state index < -0.39 is 15.6 Å². The van der Waals surface area contributed by atoms with Crippen LogP contribution in [0.15, 0.2) is 16.8 Å². The molecule has 0 aliphatic carbocycles. The topological polar surface area (TPSA) is 154 Å². The third kappa shape index (κ3) is 4.65. The number of fused-ring (bicyclic) bond motifs is 2. The quantitative estimate of drug-likeness (QED) is 0.493. The van der Waals surface area contributed by atoms with Crippen molar-refractivity contribution in [3.8, 4) is 0 Å². The molecule has 2 atom stereocenters. The number of aromatic nitrogens is 2. The molecular weight excluding hydrogens is 406 g/mol. The average Bonchev–Trinajstić information content (AvgIpc) is 2.78. The van der Waals surface area contributed by atoms with Crippen LogP contribution >= 0.6 is 27.4 Å². The summed E-state index contributed by atoms with van der Waals surface area (Å²) in [6.07, 6.45) is 2.07. The van der Waals surface area contributed by atoms with Crippen LogP contribution in [0.1, 0.15) is 24.7 Å². The van der Waals surface area contributed by atoms with Crippen molar-refractivity contribution in [3.63, 3.8) is 0 Å². The Hall–Kier alpha value is -0.970. The highest BCUT2D eigenvalue weighted by atomic mass is 32.2. The van der Waals surface area contributed by atoms with Crippen molar-refractivity contribution in [2.24, 2.45) is 0 Å². The molecule has 0 spiro atoms. The molecule has 0 amide bonds. The van der Waals surface area contributed by atoms with Gasteiger partial charge in [0.1, 0.15) is 11.6 Å². The minimum absolute atomic E-state index is 0.0564. The molecule has 0 radical (unpaired) electrons. The van der Waals surface area contributed by atoms with Gasteiger partial charge in [-0.25, -0.2) is 19.1 Å². The number of phosphoric acid groups is 2. The molecule has 1 aromatic rings. The van der Waals surface area contributed by atoms with Crippen molar-refractivity contribution in [2.45, 2.75) is 32.3 Å². The molecular formula is C12H18N4O7P2S. The number of aryl methyl sites for hydroxylation is 1. The van der Waals surface area contributed by atoms with E-state index in [1.165, 1.54) is 11.8 Å². The average molecular weight is 424 g/mol. The van der Waals surface area contributed by atoms with Crippen molar-refractivity contribution >= 4 is 33.2 Å². The fourth-order valence-corrected chi connectivity index (χ4v) is 5.49. The summed E-state index contributed by atoms with van der Waals surface area (Å²) in [5, 5.41) is 3.32. The molecule has 26 heavy (non-hydrogen) atoms. The predicted molar refractivity (Wildman–Crippen MR) is 93.5 cm³/mol. The maximum atomic E-state index is 11.5. The van der Waals surface area contributed by atoms with Gasteiger partial charge in [-0.15, -0.1) is 0 Å². The molecule has 0 bridgehead atoms. The standard InChI is InChI=1S/C12H18N4O7P2S/c1-7-10(3-4-22-25(20,21)23-24(17,18)19)26-12-15-11-9(6-16(7)12)5-13-8(2)14-11/h5,12H,3-4,6H2,1-2H3,(H,20,21)(H,13,14,15)(H2,17,18,19)/t12-/m1/s1. The normalized spacial score (nSPS) is 21.9. The Labute approximate surface area is 153 Å². The Morgan fingerprint density at radius 2 is 2.12 bits per heavy atom. The molecule has 3 rings (SSSR count). The molecule has 14 heteroatoms. The lowest BCUT2D eigenvalue weighted by molar-refractivity contribution is 0.180. The van der Waals surface area contributed by atoms with Crippen LogP contribution in [0.3, 0.4) is 0 Å². The number of nitrogens with one attached hydrogen (secondary N) is 1. The van der Waals surface area contributed by atoms with Gasteiger partial charge in [0, 0.05) is 28.8 Å². The van der Waals surface area contributed by atoms with Crippen molar-refractivity contribution in [2.75, 3.05) is 11.9 Å². The summed E-state index contributed by atoms with van der Waals surface area (Å²) in [5.41, 5.74) is 1.89. The van der Waals surface area contributed by atoms with Gasteiger partial charge in [-0.1, -0.05) is 11.8 Å². The number of rotatable bonds is 6. The van der Waals surface area contributed by atoms with Crippen molar-refractivity contribution < 1.29 is 32.6 Å². The number of thioether (sulfide) groups is 1. The van der Waals surface area contributed by atoms with Crippen LogP contribution in [0, 0.1) is 6.92 Å². The lowest BCUT2D eigenvalue weighted by atomic mass is 10.2. The molecule has 0 fully saturated rings. The van der Waals surface area contributed by atoms with Gasteiger partial charge in [0.2, 0.25) is 0 Å². The van der Waals surface area contributed by atoms with Crippen LogP contribution in [-0.4, -0.2) is 41.7 Å². The summed E-state index contributed by atoms with van der Waals surface area (Å²) in [4.78, 5) is 38.1. The number of phosphoric ester groups is 1. The fraction of sp³-hybridized carbons (Fsp3) is 0.500. The zero-order chi connectivity index (χ0) is 19.1. The van der Waals surface area contributed by atoms with E-state index in [1.807, 2.05) is 13.8 Å². The molecule has 2 aliphatic heterocycles. The molecule has 3 heterocycles. The van der Waals surface area contributed by atoms with Crippen LogP contribution in [0.2, 0.25) is 0 Å².